The third kappa shape index (κ3) is 3.93. The Bertz CT molecular complexity index is 3350. The highest BCUT2D eigenvalue weighted by Crippen LogP contribution is 2.66. The van der Waals surface area contributed by atoms with E-state index in [4.69, 9.17) is 9.97 Å². The monoisotopic (exact) mass is 755 g/mol. The van der Waals surface area contributed by atoms with Crippen molar-refractivity contribution in [2.75, 3.05) is 0 Å². The Morgan fingerprint density at radius 1 is 0.414 bits per heavy atom. The zero-order valence-electron chi connectivity index (χ0n) is 31.3. The van der Waals surface area contributed by atoms with E-state index in [1.54, 1.807) is 11.3 Å². The average molecular weight is 756 g/mol. The van der Waals surface area contributed by atoms with Crippen LogP contribution in [0.4, 0.5) is 0 Å². The molecule has 0 spiro atoms. The highest BCUT2D eigenvalue weighted by Gasteiger charge is 2.61. The molecular weight excluding hydrogens is 723 g/mol. The van der Waals surface area contributed by atoms with Crippen molar-refractivity contribution in [2.24, 2.45) is 0 Å². The molecule has 58 heavy (non-hydrogen) atoms. The Balaban J connectivity index is 1.17. The van der Waals surface area contributed by atoms with E-state index in [2.05, 4.69) is 205 Å². The van der Waals surface area contributed by atoms with E-state index < -0.39 is 10.8 Å². The Morgan fingerprint density at radius 2 is 0.931 bits per heavy atom. The molecule has 2 bridgehead atoms. The van der Waals surface area contributed by atoms with Crippen molar-refractivity contribution in [2.45, 2.75) is 10.8 Å². The molecule has 3 heterocycles. The van der Waals surface area contributed by atoms with E-state index in [0.29, 0.717) is 0 Å². The molecule has 3 aliphatic carbocycles. The maximum Gasteiger partial charge on any atom is 0.161 e. The zero-order chi connectivity index (χ0) is 38.0. The van der Waals surface area contributed by atoms with Crippen LogP contribution in [0.3, 0.4) is 0 Å². The van der Waals surface area contributed by atoms with Crippen molar-refractivity contribution in [3.63, 3.8) is 0 Å². The number of hydrogen-bond donors (Lipinski definition) is 0. The topological polar surface area (TPSA) is 30.7 Å². The number of para-hydroxylation sites is 2. The van der Waals surface area contributed by atoms with Crippen LogP contribution in [0.2, 0.25) is 0 Å². The summed E-state index contributed by atoms with van der Waals surface area (Å²) in [5.74, 6) is 0.736. The van der Waals surface area contributed by atoms with Crippen molar-refractivity contribution >= 4 is 53.4 Å². The third-order valence-corrected chi connectivity index (χ3v) is 14.0. The van der Waals surface area contributed by atoms with Crippen LogP contribution in [0.15, 0.2) is 200 Å². The summed E-state index contributed by atoms with van der Waals surface area (Å²) in [5, 5.41) is 4.71. The summed E-state index contributed by atoms with van der Waals surface area (Å²) in [7, 11) is 0. The first-order valence-corrected chi connectivity index (χ1v) is 20.7. The molecule has 3 nitrogen and oxygen atoms in total. The molecule has 0 amide bonds. The number of rotatable bonds is 4. The lowest BCUT2D eigenvalue weighted by Crippen LogP contribution is -2.52. The second kappa shape index (κ2) is 11.7. The fraction of sp³-hybridized carbons (Fsp3) is 0.0370. The Morgan fingerprint density at radius 3 is 1.59 bits per heavy atom. The molecular formula is C54H33N3S. The molecule has 0 radical (unpaired) electrons. The van der Waals surface area contributed by atoms with Crippen molar-refractivity contribution in [3.8, 4) is 17.1 Å². The van der Waals surface area contributed by atoms with E-state index in [1.165, 1.54) is 65.3 Å². The molecule has 0 saturated carbocycles. The fourth-order valence-electron chi connectivity index (χ4n) is 10.8. The van der Waals surface area contributed by atoms with Gasteiger partial charge in [0.05, 0.1) is 27.6 Å². The van der Waals surface area contributed by atoms with E-state index >= 15 is 0 Å². The van der Waals surface area contributed by atoms with Gasteiger partial charge in [0.25, 0.3) is 0 Å². The molecule has 3 aliphatic rings. The summed E-state index contributed by atoms with van der Waals surface area (Å²) >= 11 is 1.76. The van der Waals surface area contributed by atoms with Crippen LogP contribution < -0.4 is 0 Å². The van der Waals surface area contributed by atoms with Crippen molar-refractivity contribution in [3.05, 3.63) is 245 Å². The van der Waals surface area contributed by atoms with Gasteiger partial charge in [0.2, 0.25) is 0 Å². The molecule has 11 aromatic rings. The molecule has 270 valence electrons. The van der Waals surface area contributed by atoms with E-state index in [1.807, 2.05) is 0 Å². The van der Waals surface area contributed by atoms with Gasteiger partial charge in [-0.25, -0.2) is 9.97 Å². The maximum absolute atomic E-state index is 5.92. The van der Waals surface area contributed by atoms with Crippen molar-refractivity contribution < 1.29 is 0 Å². The second-order valence-electron chi connectivity index (χ2n) is 15.6. The highest BCUT2D eigenvalue weighted by molar-refractivity contribution is 7.25. The van der Waals surface area contributed by atoms with Gasteiger partial charge in [-0.2, -0.15) is 0 Å². The van der Waals surface area contributed by atoms with Gasteiger partial charge in [-0.05, 0) is 81.4 Å². The standard InChI is InChI=1S/C54H33N3S/c1-3-17-35(18-4-1)53-40-23-9-12-26-43(40)54(44-27-13-10-24-41(44)53,45-28-14-11-25-42(45)53)50-49-38-22-8-16-30-48(38)58-52(49)56-51(55-50)34-31-32-47-39(33-34)37-21-7-15-29-46(37)57(47)36-19-5-2-6-20-36/h1-33H. The molecule has 0 unspecified atom stereocenters. The second-order valence-corrected chi connectivity index (χ2v) is 16.6. The lowest BCUT2D eigenvalue weighted by molar-refractivity contribution is 0.550. The van der Waals surface area contributed by atoms with Gasteiger partial charge in [-0.3, -0.25) is 0 Å². The van der Waals surface area contributed by atoms with Crippen LogP contribution >= 0.6 is 11.3 Å². The third-order valence-electron chi connectivity index (χ3n) is 13.0. The largest absolute Gasteiger partial charge is 0.309 e. The summed E-state index contributed by atoms with van der Waals surface area (Å²) in [4.78, 5) is 12.4. The Kier molecular flexibility index (Phi) is 6.46. The first kappa shape index (κ1) is 32.0. The SMILES string of the molecule is c1ccc(-n2c3ccccc3c3cc(-c4nc(C56c7ccccc7C(c7ccccc7)(c7ccccc75)c5ccccc56)c5c(n4)sc4ccccc45)ccc32)cc1. The predicted octanol–water partition coefficient (Wildman–Crippen LogP) is 13.0. The van der Waals surface area contributed by atoms with Gasteiger partial charge in [0, 0.05) is 37.5 Å². The molecule has 4 heteroatoms. The first-order valence-electron chi connectivity index (χ1n) is 19.9. The number of thiophene rings is 1. The van der Waals surface area contributed by atoms with E-state index in [9.17, 15) is 0 Å². The summed E-state index contributed by atoms with van der Waals surface area (Å²) in [6.07, 6.45) is 0. The fourth-order valence-corrected chi connectivity index (χ4v) is 11.9. The van der Waals surface area contributed by atoms with Gasteiger partial charge in [-0.15, -0.1) is 11.3 Å². The number of fused-ring (bicyclic) bond motifs is 6. The van der Waals surface area contributed by atoms with Crippen LogP contribution in [-0.4, -0.2) is 14.5 Å². The number of hydrogen-bond acceptors (Lipinski definition) is 3. The van der Waals surface area contributed by atoms with Crippen LogP contribution in [0, 0.1) is 0 Å². The number of nitrogens with zero attached hydrogens (tertiary/aromatic N) is 3. The van der Waals surface area contributed by atoms with Gasteiger partial charge >= 0.3 is 0 Å². The van der Waals surface area contributed by atoms with Gasteiger partial charge in [0.15, 0.2) is 5.82 Å². The number of aromatic nitrogens is 3. The number of benzene rings is 8. The van der Waals surface area contributed by atoms with Gasteiger partial charge < -0.3 is 4.57 Å². The van der Waals surface area contributed by atoms with Crippen LogP contribution in [0.1, 0.15) is 44.6 Å². The van der Waals surface area contributed by atoms with E-state index in [0.717, 1.165) is 38.5 Å². The molecule has 3 aromatic heterocycles. The van der Waals surface area contributed by atoms with Crippen LogP contribution in [0.5, 0.6) is 0 Å². The van der Waals surface area contributed by atoms with Crippen molar-refractivity contribution in [1.82, 2.24) is 14.5 Å². The van der Waals surface area contributed by atoms with Gasteiger partial charge in [-0.1, -0.05) is 158 Å². The summed E-state index contributed by atoms with van der Waals surface area (Å²) in [5.41, 5.74) is 13.3. The Hall–Kier alpha value is -7.14. The quantitative estimate of drug-likeness (QED) is 0.179. The molecule has 0 atom stereocenters. The maximum atomic E-state index is 5.92. The lowest BCUT2D eigenvalue weighted by atomic mass is 9.44. The molecule has 0 fully saturated rings. The van der Waals surface area contributed by atoms with Crippen molar-refractivity contribution in [1.29, 1.82) is 0 Å². The highest BCUT2D eigenvalue weighted by atomic mass is 32.1. The smallest absolute Gasteiger partial charge is 0.161 e. The van der Waals surface area contributed by atoms with Gasteiger partial charge in [0.1, 0.15) is 4.83 Å². The summed E-state index contributed by atoms with van der Waals surface area (Å²) in [6.45, 7) is 0. The summed E-state index contributed by atoms with van der Waals surface area (Å²) in [6, 6.07) is 73.5. The molecule has 0 saturated heterocycles. The molecule has 8 aromatic carbocycles. The van der Waals surface area contributed by atoms with E-state index in [-0.39, 0.29) is 0 Å². The van der Waals surface area contributed by atoms with Crippen LogP contribution in [-0.2, 0) is 10.8 Å². The van der Waals surface area contributed by atoms with Crippen LogP contribution in [0.25, 0.3) is 59.2 Å². The molecule has 0 N–H and O–H groups in total. The lowest BCUT2D eigenvalue weighted by Gasteiger charge is -2.56. The minimum atomic E-state index is -0.715. The first-order chi connectivity index (χ1) is 28.8. The normalized spacial score (nSPS) is 17.8. The zero-order valence-corrected chi connectivity index (χ0v) is 32.1. The molecule has 0 aliphatic heterocycles. The predicted molar refractivity (Wildman–Crippen MR) is 238 cm³/mol. The Labute approximate surface area is 339 Å². The minimum Gasteiger partial charge on any atom is -0.309 e. The minimum absolute atomic E-state index is 0.490. The molecule has 14 rings (SSSR count). The average Bonchev–Trinajstić information content (AvgIpc) is 3.84. The summed E-state index contributed by atoms with van der Waals surface area (Å²) < 4.78 is 3.58.